The first-order chi connectivity index (χ1) is 8.69. The molecule has 0 radical (unpaired) electrons. The van der Waals surface area contributed by atoms with E-state index in [0.29, 0.717) is 0 Å². The number of hydrogen-bond acceptors (Lipinski definition) is 3. The van der Waals surface area contributed by atoms with Gasteiger partial charge in [-0.25, -0.2) is 0 Å². The lowest BCUT2D eigenvalue weighted by atomic mass is 10.2. The zero-order valence-corrected chi connectivity index (χ0v) is 12.9. The van der Waals surface area contributed by atoms with E-state index in [0.717, 1.165) is 35.8 Å². The monoisotopic (exact) mass is 311 g/mol. The molecule has 1 fully saturated rings. The van der Waals surface area contributed by atoms with Crippen molar-refractivity contribution in [2.24, 2.45) is 0 Å². The van der Waals surface area contributed by atoms with Gasteiger partial charge in [0.25, 0.3) is 0 Å². The van der Waals surface area contributed by atoms with Crippen LogP contribution in [0.5, 0.6) is 0 Å². The first kappa shape index (κ1) is 14.0. The predicted octanol–water partition coefficient (Wildman–Crippen LogP) is 2.76. The summed E-state index contributed by atoms with van der Waals surface area (Å²) in [5.74, 6) is 0. The normalized spacial score (nSPS) is 19.9. The van der Waals surface area contributed by atoms with Crippen molar-refractivity contribution in [2.75, 3.05) is 26.2 Å². The van der Waals surface area contributed by atoms with E-state index in [-0.39, 0.29) is 0 Å². The third-order valence-electron chi connectivity index (χ3n) is 3.80. The third-order valence-corrected chi connectivity index (χ3v) is 4.26. The average Bonchev–Trinajstić information content (AvgIpc) is 2.41. The third kappa shape index (κ3) is 3.77. The van der Waals surface area contributed by atoms with Gasteiger partial charge < -0.3 is 0 Å². The van der Waals surface area contributed by atoms with Gasteiger partial charge >= 0.3 is 0 Å². The van der Waals surface area contributed by atoms with Crippen molar-refractivity contribution in [3.63, 3.8) is 0 Å². The summed E-state index contributed by atoms with van der Waals surface area (Å²) in [6.45, 7) is 10.2. The molecule has 0 amide bonds. The second kappa shape index (κ2) is 6.64. The molecule has 2 rings (SSSR count). The highest BCUT2D eigenvalue weighted by atomic mass is 79.9. The fraction of sp³-hybridized carbons (Fsp3) is 0.643. The molecule has 0 aliphatic carbocycles. The number of aromatic nitrogens is 1. The van der Waals surface area contributed by atoms with Gasteiger partial charge in [-0.05, 0) is 41.4 Å². The number of rotatable bonds is 4. The lowest BCUT2D eigenvalue weighted by molar-refractivity contribution is 0.0956. The first-order valence-electron chi connectivity index (χ1n) is 6.76. The number of halogens is 1. The Hall–Kier alpha value is -0.450. The van der Waals surface area contributed by atoms with Gasteiger partial charge in [-0.3, -0.25) is 14.8 Å². The van der Waals surface area contributed by atoms with Crippen molar-refractivity contribution in [2.45, 2.75) is 32.9 Å². The summed E-state index contributed by atoms with van der Waals surface area (Å²) in [5, 5.41) is 0. The molecule has 1 aliphatic heterocycles. The van der Waals surface area contributed by atoms with Gasteiger partial charge in [0, 0.05) is 49.4 Å². The number of pyridine rings is 1. The zero-order chi connectivity index (χ0) is 13.0. The van der Waals surface area contributed by atoms with Gasteiger partial charge in [-0.2, -0.15) is 0 Å². The van der Waals surface area contributed by atoms with E-state index < -0.39 is 0 Å². The summed E-state index contributed by atoms with van der Waals surface area (Å²) < 4.78 is 1.05. The van der Waals surface area contributed by atoms with Crippen LogP contribution in [0.15, 0.2) is 22.8 Å². The Balaban J connectivity index is 1.81. The van der Waals surface area contributed by atoms with E-state index >= 15 is 0 Å². The zero-order valence-electron chi connectivity index (χ0n) is 11.3. The maximum atomic E-state index is 4.44. The predicted molar refractivity (Wildman–Crippen MR) is 78.5 cm³/mol. The minimum absolute atomic E-state index is 0.720. The van der Waals surface area contributed by atoms with Crippen molar-refractivity contribution < 1.29 is 0 Å². The quantitative estimate of drug-likeness (QED) is 0.852. The lowest BCUT2D eigenvalue weighted by Crippen LogP contribution is -2.49. The Morgan fingerprint density at radius 1 is 1.28 bits per heavy atom. The van der Waals surface area contributed by atoms with Gasteiger partial charge in [-0.15, -0.1) is 0 Å². The van der Waals surface area contributed by atoms with E-state index in [1.807, 2.05) is 6.20 Å². The van der Waals surface area contributed by atoms with Crippen molar-refractivity contribution in [1.82, 2.24) is 14.8 Å². The van der Waals surface area contributed by atoms with Crippen LogP contribution in [0.1, 0.15) is 26.0 Å². The molecule has 0 N–H and O–H groups in total. The van der Waals surface area contributed by atoms with Gasteiger partial charge in [0.2, 0.25) is 0 Å². The average molecular weight is 312 g/mol. The van der Waals surface area contributed by atoms with E-state index in [9.17, 15) is 0 Å². The fourth-order valence-electron chi connectivity index (χ4n) is 2.35. The van der Waals surface area contributed by atoms with Gasteiger partial charge in [0.1, 0.15) is 0 Å². The molecule has 1 aromatic heterocycles. The molecule has 1 aliphatic rings. The lowest BCUT2D eigenvalue weighted by Gasteiger charge is -2.37. The van der Waals surface area contributed by atoms with Crippen molar-refractivity contribution in [3.8, 4) is 0 Å². The van der Waals surface area contributed by atoms with Crippen LogP contribution in [0, 0.1) is 0 Å². The second-order valence-corrected chi connectivity index (χ2v) is 5.95. The summed E-state index contributed by atoms with van der Waals surface area (Å²) in [6.07, 6.45) is 3.12. The van der Waals surface area contributed by atoms with Crippen LogP contribution >= 0.6 is 15.9 Å². The Kier molecular flexibility index (Phi) is 5.15. The Morgan fingerprint density at radius 2 is 2.00 bits per heavy atom. The fourth-order valence-corrected chi connectivity index (χ4v) is 2.58. The molecule has 1 aromatic rings. The van der Waals surface area contributed by atoms with Crippen LogP contribution in [0.4, 0.5) is 0 Å². The molecule has 3 nitrogen and oxygen atoms in total. The molecule has 0 spiro atoms. The van der Waals surface area contributed by atoms with E-state index in [2.05, 4.69) is 56.7 Å². The molecule has 0 saturated carbocycles. The molecular formula is C14H22BrN3. The van der Waals surface area contributed by atoms with E-state index in [1.54, 1.807) is 0 Å². The molecule has 0 aromatic carbocycles. The molecule has 2 heterocycles. The molecule has 1 saturated heterocycles. The molecule has 100 valence electrons. The van der Waals surface area contributed by atoms with Crippen LogP contribution in [0.25, 0.3) is 0 Å². The van der Waals surface area contributed by atoms with Crippen LogP contribution in [0.3, 0.4) is 0 Å². The molecule has 18 heavy (non-hydrogen) atoms. The Bertz CT molecular complexity index is 358. The summed E-state index contributed by atoms with van der Waals surface area (Å²) in [6, 6.07) is 4.89. The summed E-state index contributed by atoms with van der Waals surface area (Å²) in [7, 11) is 0. The SMILES string of the molecule is CCC(C)N1CCN(Cc2ccc(Br)cn2)CC1. The summed E-state index contributed by atoms with van der Waals surface area (Å²) in [4.78, 5) is 9.52. The molecule has 4 heteroatoms. The summed E-state index contributed by atoms with van der Waals surface area (Å²) in [5.41, 5.74) is 1.16. The van der Waals surface area contributed by atoms with Crippen LogP contribution in [-0.4, -0.2) is 47.0 Å². The maximum Gasteiger partial charge on any atom is 0.0544 e. The minimum Gasteiger partial charge on any atom is -0.298 e. The van der Waals surface area contributed by atoms with E-state index in [1.165, 1.54) is 19.5 Å². The highest BCUT2D eigenvalue weighted by molar-refractivity contribution is 9.10. The van der Waals surface area contributed by atoms with Crippen molar-refractivity contribution in [3.05, 3.63) is 28.5 Å². The molecule has 1 atom stereocenters. The Morgan fingerprint density at radius 3 is 2.56 bits per heavy atom. The Labute approximate surface area is 118 Å². The maximum absolute atomic E-state index is 4.44. The van der Waals surface area contributed by atoms with Crippen LogP contribution in [-0.2, 0) is 6.54 Å². The number of piperazine rings is 1. The molecule has 1 unspecified atom stereocenters. The van der Waals surface area contributed by atoms with E-state index in [4.69, 9.17) is 0 Å². The molecule has 0 bridgehead atoms. The number of hydrogen-bond donors (Lipinski definition) is 0. The smallest absolute Gasteiger partial charge is 0.0544 e. The standard InChI is InChI=1S/C14H22BrN3/c1-3-12(2)18-8-6-17(7-9-18)11-14-5-4-13(15)10-16-14/h4-5,10,12H,3,6-9,11H2,1-2H3. The largest absolute Gasteiger partial charge is 0.298 e. The molecular weight excluding hydrogens is 290 g/mol. The highest BCUT2D eigenvalue weighted by Crippen LogP contribution is 2.12. The van der Waals surface area contributed by atoms with Gasteiger partial charge in [0.05, 0.1) is 5.69 Å². The van der Waals surface area contributed by atoms with Crippen molar-refractivity contribution in [1.29, 1.82) is 0 Å². The van der Waals surface area contributed by atoms with Crippen LogP contribution in [0.2, 0.25) is 0 Å². The second-order valence-electron chi connectivity index (χ2n) is 5.04. The first-order valence-corrected chi connectivity index (χ1v) is 7.55. The van der Waals surface area contributed by atoms with Crippen LogP contribution < -0.4 is 0 Å². The van der Waals surface area contributed by atoms with Gasteiger partial charge in [-0.1, -0.05) is 6.92 Å². The van der Waals surface area contributed by atoms with Crippen molar-refractivity contribution >= 4 is 15.9 Å². The minimum atomic E-state index is 0.720. The van der Waals surface area contributed by atoms with Gasteiger partial charge in [0.15, 0.2) is 0 Å². The topological polar surface area (TPSA) is 19.4 Å². The number of nitrogens with zero attached hydrogens (tertiary/aromatic N) is 3. The summed E-state index contributed by atoms with van der Waals surface area (Å²) >= 11 is 3.42. The highest BCUT2D eigenvalue weighted by Gasteiger charge is 2.20.